The van der Waals surface area contributed by atoms with Crippen molar-refractivity contribution in [2.75, 3.05) is 6.54 Å². The number of amides is 1. The quantitative estimate of drug-likeness (QED) is 0.903. The number of likely N-dealkylation sites (tertiary alicyclic amines) is 1. The molecule has 1 saturated heterocycles. The number of ether oxygens (including phenoxy) is 1. The third kappa shape index (κ3) is 3.48. The van der Waals surface area contributed by atoms with Gasteiger partial charge in [0, 0.05) is 12.7 Å². The minimum absolute atomic E-state index is 0.0192. The molecule has 1 fully saturated rings. The number of pyridine rings is 1. The van der Waals surface area contributed by atoms with Crippen molar-refractivity contribution >= 4 is 6.09 Å². The Morgan fingerprint density at radius 2 is 2.30 bits per heavy atom. The minimum Gasteiger partial charge on any atom is -0.444 e. The van der Waals surface area contributed by atoms with Gasteiger partial charge in [0.1, 0.15) is 5.60 Å². The van der Waals surface area contributed by atoms with Gasteiger partial charge in [0.2, 0.25) is 0 Å². The van der Waals surface area contributed by atoms with Crippen LogP contribution in [-0.2, 0) is 11.3 Å². The van der Waals surface area contributed by atoms with Crippen LogP contribution in [0, 0.1) is 0 Å². The summed E-state index contributed by atoms with van der Waals surface area (Å²) in [5.41, 5.74) is 1.14. The Balaban J connectivity index is 2.16. The van der Waals surface area contributed by atoms with E-state index in [4.69, 9.17) is 4.74 Å². The van der Waals surface area contributed by atoms with E-state index in [0.29, 0.717) is 6.54 Å². The van der Waals surface area contributed by atoms with E-state index in [1.807, 2.05) is 26.8 Å². The van der Waals surface area contributed by atoms with Crippen LogP contribution < -0.4 is 0 Å². The molecule has 1 N–H and O–H groups in total. The highest BCUT2D eigenvalue weighted by atomic mass is 16.6. The molecule has 5 heteroatoms. The van der Waals surface area contributed by atoms with Crippen LogP contribution in [0.5, 0.6) is 0 Å². The molecule has 0 radical (unpaired) electrons. The molecule has 1 unspecified atom stereocenters. The van der Waals surface area contributed by atoms with Crippen LogP contribution in [-0.4, -0.2) is 33.2 Å². The second kappa shape index (κ2) is 5.79. The van der Waals surface area contributed by atoms with E-state index >= 15 is 0 Å². The van der Waals surface area contributed by atoms with Gasteiger partial charge in [-0.25, -0.2) is 4.79 Å². The van der Waals surface area contributed by atoms with Gasteiger partial charge in [-0.05, 0) is 51.3 Å². The molecule has 0 aromatic carbocycles. The van der Waals surface area contributed by atoms with Gasteiger partial charge in [0.25, 0.3) is 0 Å². The molecule has 0 saturated carbocycles. The van der Waals surface area contributed by atoms with Crippen molar-refractivity contribution in [3.8, 4) is 0 Å². The molecule has 2 heterocycles. The van der Waals surface area contributed by atoms with Crippen molar-refractivity contribution in [3.05, 3.63) is 29.6 Å². The van der Waals surface area contributed by atoms with Crippen LogP contribution in [0.3, 0.4) is 0 Å². The second-order valence-corrected chi connectivity index (χ2v) is 6.08. The summed E-state index contributed by atoms with van der Waals surface area (Å²) in [5.74, 6) is 0. The standard InChI is InChI=1S/C15H22N2O3/c1-15(2,3)20-14(19)17-8-4-5-13(17)12-9-11(10-18)6-7-16-12/h6-7,9,13,18H,4-5,8,10H2,1-3H3. The first kappa shape index (κ1) is 14.8. The maximum Gasteiger partial charge on any atom is 0.410 e. The molecule has 1 atom stereocenters. The lowest BCUT2D eigenvalue weighted by molar-refractivity contribution is 0.0221. The zero-order valence-corrected chi connectivity index (χ0v) is 12.3. The Bertz CT molecular complexity index is 482. The molecule has 1 amide bonds. The topological polar surface area (TPSA) is 62.7 Å². The maximum atomic E-state index is 12.2. The van der Waals surface area contributed by atoms with Gasteiger partial charge in [-0.3, -0.25) is 9.88 Å². The third-order valence-electron chi connectivity index (χ3n) is 3.25. The summed E-state index contributed by atoms with van der Waals surface area (Å²) < 4.78 is 5.44. The molecular weight excluding hydrogens is 256 g/mol. The lowest BCUT2D eigenvalue weighted by Gasteiger charge is -2.28. The summed E-state index contributed by atoms with van der Waals surface area (Å²) >= 11 is 0. The Labute approximate surface area is 119 Å². The average Bonchev–Trinajstić information content (AvgIpc) is 2.86. The number of aliphatic hydroxyl groups is 1. The molecule has 5 nitrogen and oxygen atoms in total. The predicted octanol–water partition coefficient (Wildman–Crippen LogP) is 2.65. The summed E-state index contributed by atoms with van der Waals surface area (Å²) in [7, 11) is 0. The first-order valence-corrected chi connectivity index (χ1v) is 6.96. The summed E-state index contributed by atoms with van der Waals surface area (Å²) in [6.45, 7) is 6.25. The Morgan fingerprint density at radius 1 is 1.55 bits per heavy atom. The molecule has 20 heavy (non-hydrogen) atoms. The number of hydrogen-bond donors (Lipinski definition) is 1. The van der Waals surface area contributed by atoms with Crippen LogP contribution in [0.2, 0.25) is 0 Å². The third-order valence-corrected chi connectivity index (χ3v) is 3.25. The molecule has 0 aliphatic carbocycles. The number of hydrogen-bond acceptors (Lipinski definition) is 4. The van der Waals surface area contributed by atoms with E-state index in [1.165, 1.54) is 0 Å². The largest absolute Gasteiger partial charge is 0.444 e. The van der Waals surface area contributed by atoms with Gasteiger partial charge in [-0.2, -0.15) is 0 Å². The summed E-state index contributed by atoms with van der Waals surface area (Å²) in [4.78, 5) is 18.3. The number of aliphatic hydroxyl groups excluding tert-OH is 1. The first-order chi connectivity index (χ1) is 9.40. The lowest BCUT2D eigenvalue weighted by atomic mass is 10.1. The van der Waals surface area contributed by atoms with Crippen molar-refractivity contribution in [1.29, 1.82) is 0 Å². The summed E-state index contributed by atoms with van der Waals surface area (Å²) in [6.07, 6.45) is 3.19. The van der Waals surface area contributed by atoms with Crippen LogP contribution in [0.4, 0.5) is 4.79 Å². The van der Waals surface area contributed by atoms with Crippen molar-refractivity contribution < 1.29 is 14.6 Å². The number of rotatable bonds is 2. The smallest absolute Gasteiger partial charge is 0.410 e. The SMILES string of the molecule is CC(C)(C)OC(=O)N1CCCC1c1cc(CO)ccn1. The van der Waals surface area contributed by atoms with Gasteiger partial charge < -0.3 is 9.84 Å². The van der Waals surface area contributed by atoms with Gasteiger partial charge in [-0.15, -0.1) is 0 Å². The van der Waals surface area contributed by atoms with Crippen LogP contribution >= 0.6 is 0 Å². The first-order valence-electron chi connectivity index (χ1n) is 6.96. The zero-order chi connectivity index (χ0) is 14.8. The molecule has 1 aromatic rings. The maximum absolute atomic E-state index is 12.2. The number of nitrogens with zero attached hydrogens (tertiary/aromatic N) is 2. The van der Waals surface area contributed by atoms with E-state index in [-0.39, 0.29) is 18.7 Å². The Kier molecular flexibility index (Phi) is 4.28. The molecular formula is C15H22N2O3. The van der Waals surface area contributed by atoms with Gasteiger partial charge >= 0.3 is 6.09 Å². The van der Waals surface area contributed by atoms with E-state index < -0.39 is 5.60 Å². The Morgan fingerprint density at radius 3 is 2.95 bits per heavy atom. The second-order valence-electron chi connectivity index (χ2n) is 6.08. The fourth-order valence-corrected chi connectivity index (χ4v) is 2.39. The number of carbonyl (C=O) groups is 1. The van der Waals surface area contributed by atoms with Crippen LogP contribution in [0.1, 0.15) is 50.9 Å². The van der Waals surface area contributed by atoms with Gasteiger partial charge in [0.15, 0.2) is 0 Å². The molecule has 110 valence electrons. The van der Waals surface area contributed by atoms with E-state index in [0.717, 1.165) is 24.1 Å². The predicted molar refractivity (Wildman–Crippen MR) is 75.1 cm³/mol. The van der Waals surface area contributed by atoms with Crippen molar-refractivity contribution in [2.24, 2.45) is 0 Å². The summed E-state index contributed by atoms with van der Waals surface area (Å²) in [5, 5.41) is 9.20. The van der Waals surface area contributed by atoms with Gasteiger partial charge in [0.05, 0.1) is 18.3 Å². The molecule has 2 rings (SSSR count). The van der Waals surface area contributed by atoms with Crippen molar-refractivity contribution in [3.63, 3.8) is 0 Å². The number of carbonyl (C=O) groups excluding carboxylic acids is 1. The minimum atomic E-state index is -0.495. The molecule has 1 aliphatic rings. The lowest BCUT2D eigenvalue weighted by Crippen LogP contribution is -2.36. The molecule has 0 bridgehead atoms. The Hall–Kier alpha value is -1.62. The zero-order valence-electron chi connectivity index (χ0n) is 12.3. The van der Waals surface area contributed by atoms with Crippen LogP contribution in [0.15, 0.2) is 18.3 Å². The monoisotopic (exact) mass is 278 g/mol. The average molecular weight is 278 g/mol. The highest BCUT2D eigenvalue weighted by Crippen LogP contribution is 2.32. The van der Waals surface area contributed by atoms with Crippen molar-refractivity contribution in [1.82, 2.24) is 9.88 Å². The van der Waals surface area contributed by atoms with Crippen LogP contribution in [0.25, 0.3) is 0 Å². The fourth-order valence-electron chi connectivity index (χ4n) is 2.39. The molecule has 1 aromatic heterocycles. The highest BCUT2D eigenvalue weighted by Gasteiger charge is 2.33. The van der Waals surface area contributed by atoms with E-state index in [1.54, 1.807) is 17.2 Å². The van der Waals surface area contributed by atoms with E-state index in [2.05, 4.69) is 4.98 Å². The summed E-state index contributed by atoms with van der Waals surface area (Å²) in [6, 6.07) is 3.57. The fraction of sp³-hybridized carbons (Fsp3) is 0.600. The number of aromatic nitrogens is 1. The van der Waals surface area contributed by atoms with Crippen molar-refractivity contribution in [2.45, 2.75) is 51.9 Å². The highest BCUT2D eigenvalue weighted by molar-refractivity contribution is 5.69. The van der Waals surface area contributed by atoms with E-state index in [9.17, 15) is 9.90 Å². The van der Waals surface area contributed by atoms with Gasteiger partial charge in [-0.1, -0.05) is 0 Å². The molecule has 0 spiro atoms. The normalized spacial score (nSPS) is 19.2. The molecule has 1 aliphatic heterocycles.